The highest BCUT2D eigenvalue weighted by molar-refractivity contribution is 14.1. The van der Waals surface area contributed by atoms with Crippen LogP contribution in [-0.2, 0) is 4.79 Å². The van der Waals surface area contributed by atoms with Crippen LogP contribution in [0.4, 0.5) is 0 Å². The predicted octanol–water partition coefficient (Wildman–Crippen LogP) is 2.98. The maximum Gasteiger partial charge on any atom is 0.303 e. The number of Topliss-reactive ketones (excluding diaryl/α,β-unsaturated/α-hetero) is 1. The van der Waals surface area contributed by atoms with Gasteiger partial charge in [-0.3, -0.25) is 9.59 Å². The van der Waals surface area contributed by atoms with Crippen molar-refractivity contribution in [2.45, 2.75) is 19.8 Å². The van der Waals surface area contributed by atoms with Gasteiger partial charge in [-0.2, -0.15) is 0 Å². The van der Waals surface area contributed by atoms with E-state index in [4.69, 9.17) is 9.84 Å². The van der Waals surface area contributed by atoms with Crippen LogP contribution in [0.1, 0.15) is 30.1 Å². The van der Waals surface area contributed by atoms with Crippen molar-refractivity contribution >= 4 is 34.3 Å². The minimum Gasteiger partial charge on any atom is -0.496 e. The zero-order chi connectivity index (χ0) is 13.7. The van der Waals surface area contributed by atoms with Gasteiger partial charge in [0.2, 0.25) is 0 Å². The van der Waals surface area contributed by atoms with Gasteiger partial charge in [0.25, 0.3) is 0 Å². The molecule has 0 radical (unpaired) electrons. The summed E-state index contributed by atoms with van der Waals surface area (Å²) < 4.78 is 6.09. The van der Waals surface area contributed by atoms with Crippen molar-refractivity contribution in [1.82, 2.24) is 0 Å². The lowest BCUT2D eigenvalue weighted by Gasteiger charge is -2.11. The van der Waals surface area contributed by atoms with Gasteiger partial charge in [-0.25, -0.2) is 0 Å². The predicted molar refractivity (Wildman–Crippen MR) is 76.1 cm³/mol. The summed E-state index contributed by atoms with van der Waals surface area (Å²) in [5, 5.41) is 8.68. The van der Waals surface area contributed by atoms with Gasteiger partial charge in [-0.05, 0) is 46.7 Å². The summed E-state index contributed by atoms with van der Waals surface area (Å²) in [5.41, 5.74) is 0.515. The Morgan fingerprint density at radius 2 is 2.06 bits per heavy atom. The van der Waals surface area contributed by atoms with Crippen LogP contribution in [0.15, 0.2) is 18.2 Å². The largest absolute Gasteiger partial charge is 0.496 e. The molecule has 0 saturated heterocycles. The second-order valence-electron chi connectivity index (χ2n) is 4.17. The second kappa shape index (κ2) is 6.72. The number of carboxylic acids is 1. The maximum atomic E-state index is 12.1. The van der Waals surface area contributed by atoms with Crippen molar-refractivity contribution in [3.8, 4) is 5.75 Å². The Kier molecular flexibility index (Phi) is 5.58. The molecule has 0 amide bonds. The van der Waals surface area contributed by atoms with Crippen LogP contribution in [0.25, 0.3) is 0 Å². The third-order valence-corrected chi connectivity index (χ3v) is 3.19. The van der Waals surface area contributed by atoms with Gasteiger partial charge in [0.05, 0.1) is 12.7 Å². The van der Waals surface area contributed by atoms with Crippen LogP contribution < -0.4 is 4.74 Å². The van der Waals surface area contributed by atoms with E-state index in [9.17, 15) is 9.59 Å². The number of ketones is 1. The summed E-state index contributed by atoms with van der Waals surface area (Å²) in [7, 11) is 1.51. The molecule has 1 N–H and O–H groups in total. The first-order valence-electron chi connectivity index (χ1n) is 5.52. The average molecular weight is 362 g/mol. The van der Waals surface area contributed by atoms with E-state index in [1.165, 1.54) is 7.11 Å². The number of methoxy groups -OCH3 is 1. The number of hydrogen-bond acceptors (Lipinski definition) is 3. The minimum absolute atomic E-state index is 0.00200. The van der Waals surface area contributed by atoms with Crippen LogP contribution in [0.3, 0.4) is 0 Å². The molecule has 0 aromatic heterocycles. The molecular weight excluding hydrogens is 347 g/mol. The first-order chi connectivity index (χ1) is 8.43. The molecule has 0 aliphatic carbocycles. The monoisotopic (exact) mass is 362 g/mol. The number of carbonyl (C=O) groups is 2. The van der Waals surface area contributed by atoms with Gasteiger partial charge in [0, 0.05) is 16.4 Å². The molecule has 5 heteroatoms. The van der Waals surface area contributed by atoms with E-state index < -0.39 is 5.97 Å². The van der Waals surface area contributed by atoms with Crippen molar-refractivity contribution < 1.29 is 19.4 Å². The van der Waals surface area contributed by atoms with Crippen molar-refractivity contribution in [3.05, 3.63) is 27.3 Å². The molecule has 0 spiro atoms. The molecule has 0 bridgehead atoms. The highest BCUT2D eigenvalue weighted by Gasteiger charge is 2.17. The molecule has 1 atom stereocenters. The molecule has 98 valence electrons. The van der Waals surface area contributed by atoms with Crippen LogP contribution >= 0.6 is 22.6 Å². The van der Waals surface area contributed by atoms with E-state index in [1.54, 1.807) is 19.1 Å². The van der Waals surface area contributed by atoms with E-state index in [-0.39, 0.29) is 24.5 Å². The average Bonchev–Trinajstić information content (AvgIpc) is 2.27. The Bertz CT molecular complexity index is 456. The van der Waals surface area contributed by atoms with Gasteiger partial charge in [0.1, 0.15) is 5.75 Å². The van der Waals surface area contributed by atoms with Gasteiger partial charge in [-0.1, -0.05) is 6.92 Å². The van der Waals surface area contributed by atoms with Gasteiger partial charge < -0.3 is 9.84 Å². The Hall–Kier alpha value is -1.11. The second-order valence-corrected chi connectivity index (χ2v) is 5.42. The minimum atomic E-state index is -0.884. The number of aliphatic carboxylic acids is 1. The fourth-order valence-corrected chi connectivity index (χ4v) is 2.19. The number of carboxylic acid groups (broad SMARTS) is 1. The van der Waals surface area contributed by atoms with Gasteiger partial charge in [0.15, 0.2) is 5.78 Å². The summed E-state index contributed by atoms with van der Waals surface area (Å²) in [6.45, 7) is 1.76. The molecular formula is C13H15IO4. The lowest BCUT2D eigenvalue weighted by atomic mass is 9.97. The van der Waals surface area contributed by atoms with Crippen molar-refractivity contribution in [1.29, 1.82) is 0 Å². The molecule has 1 aromatic rings. The first kappa shape index (κ1) is 14.9. The topological polar surface area (TPSA) is 63.6 Å². The third kappa shape index (κ3) is 4.29. The Labute approximate surface area is 119 Å². The maximum absolute atomic E-state index is 12.1. The number of halogens is 1. The van der Waals surface area contributed by atoms with E-state index in [0.717, 1.165) is 3.57 Å². The SMILES string of the molecule is COc1ccc(I)cc1C(=O)CC(C)CC(=O)O. The summed E-state index contributed by atoms with van der Waals surface area (Å²) >= 11 is 2.12. The molecule has 1 rings (SSSR count). The fourth-order valence-electron chi connectivity index (χ4n) is 1.69. The Morgan fingerprint density at radius 3 is 2.61 bits per heavy atom. The lowest BCUT2D eigenvalue weighted by Crippen LogP contribution is -2.11. The molecule has 0 fully saturated rings. The molecule has 1 aromatic carbocycles. The van der Waals surface area contributed by atoms with Crippen LogP contribution in [0.2, 0.25) is 0 Å². The summed E-state index contributed by atoms with van der Waals surface area (Å²) in [5.74, 6) is -0.621. The molecule has 0 aliphatic heterocycles. The number of hydrogen-bond donors (Lipinski definition) is 1. The molecule has 18 heavy (non-hydrogen) atoms. The lowest BCUT2D eigenvalue weighted by molar-refractivity contribution is -0.137. The highest BCUT2D eigenvalue weighted by Crippen LogP contribution is 2.24. The number of rotatable bonds is 6. The molecule has 0 saturated carbocycles. The number of ether oxygens (including phenoxy) is 1. The summed E-state index contributed by atoms with van der Waals surface area (Å²) in [4.78, 5) is 22.7. The molecule has 0 heterocycles. The first-order valence-corrected chi connectivity index (χ1v) is 6.60. The zero-order valence-corrected chi connectivity index (χ0v) is 12.4. The summed E-state index contributed by atoms with van der Waals surface area (Å²) in [6.07, 6.45) is 0.209. The third-order valence-electron chi connectivity index (χ3n) is 2.52. The number of carbonyl (C=O) groups excluding carboxylic acids is 1. The van der Waals surface area contributed by atoms with Crippen LogP contribution in [0.5, 0.6) is 5.75 Å². The highest BCUT2D eigenvalue weighted by atomic mass is 127. The molecule has 4 nitrogen and oxygen atoms in total. The molecule has 0 aliphatic rings. The van der Waals surface area contributed by atoms with Gasteiger partial charge >= 0.3 is 5.97 Å². The van der Waals surface area contributed by atoms with Crippen molar-refractivity contribution in [2.75, 3.05) is 7.11 Å². The van der Waals surface area contributed by atoms with E-state index in [0.29, 0.717) is 11.3 Å². The Morgan fingerprint density at radius 1 is 1.39 bits per heavy atom. The Balaban J connectivity index is 2.83. The fraction of sp³-hybridized carbons (Fsp3) is 0.385. The van der Waals surface area contributed by atoms with Crippen LogP contribution in [-0.4, -0.2) is 24.0 Å². The summed E-state index contributed by atoms with van der Waals surface area (Å²) in [6, 6.07) is 5.36. The normalized spacial score (nSPS) is 11.9. The van der Waals surface area contributed by atoms with E-state index in [1.807, 2.05) is 6.07 Å². The number of benzene rings is 1. The zero-order valence-electron chi connectivity index (χ0n) is 10.3. The molecule has 1 unspecified atom stereocenters. The van der Waals surface area contributed by atoms with Crippen LogP contribution in [0, 0.1) is 9.49 Å². The van der Waals surface area contributed by atoms with E-state index in [2.05, 4.69) is 22.6 Å². The van der Waals surface area contributed by atoms with Crippen molar-refractivity contribution in [2.24, 2.45) is 5.92 Å². The van der Waals surface area contributed by atoms with E-state index >= 15 is 0 Å². The standard InChI is InChI=1S/C13H15IO4/c1-8(6-13(16)17)5-11(15)10-7-9(14)3-4-12(10)18-2/h3-4,7-8H,5-6H2,1-2H3,(H,16,17). The van der Waals surface area contributed by atoms with Crippen molar-refractivity contribution in [3.63, 3.8) is 0 Å². The quantitative estimate of drug-likeness (QED) is 0.624. The van der Waals surface area contributed by atoms with Gasteiger partial charge in [-0.15, -0.1) is 0 Å². The smallest absolute Gasteiger partial charge is 0.303 e.